The van der Waals surface area contributed by atoms with Crippen LogP contribution in [0.4, 0.5) is 10.1 Å². The van der Waals surface area contributed by atoms with E-state index in [2.05, 4.69) is 10.3 Å². The molecule has 1 aromatic rings. The third-order valence-corrected chi connectivity index (χ3v) is 2.42. The van der Waals surface area contributed by atoms with Crippen molar-refractivity contribution < 1.29 is 14.0 Å². The molecule has 0 radical (unpaired) electrons. The molecule has 1 aromatic heterocycles. The molecule has 0 aliphatic rings. The number of hydroxylamine groups is 2. The van der Waals surface area contributed by atoms with Crippen molar-refractivity contribution in [2.75, 3.05) is 19.5 Å². The summed E-state index contributed by atoms with van der Waals surface area (Å²) in [5, 5.41) is 3.95. The molecule has 0 unspecified atom stereocenters. The van der Waals surface area contributed by atoms with Crippen LogP contribution in [0.5, 0.6) is 0 Å². The number of pyridine rings is 1. The molecule has 0 saturated carbocycles. The topological polar surface area (TPSA) is 54.5 Å². The van der Waals surface area contributed by atoms with Gasteiger partial charge in [0.25, 0.3) is 5.91 Å². The second-order valence-electron chi connectivity index (χ2n) is 4.23. The lowest BCUT2D eigenvalue weighted by Crippen LogP contribution is -2.27. The molecule has 1 N–H and O–H groups in total. The number of carbonyl (C=O) groups is 1. The van der Waals surface area contributed by atoms with Crippen LogP contribution in [0.25, 0.3) is 0 Å². The van der Waals surface area contributed by atoms with Crippen molar-refractivity contribution in [3.05, 3.63) is 23.3 Å². The molecule has 0 aliphatic heterocycles. The zero-order chi connectivity index (χ0) is 13.9. The number of aryl methyl sites for hydroxylation is 1. The van der Waals surface area contributed by atoms with Crippen LogP contribution in [0.2, 0.25) is 0 Å². The van der Waals surface area contributed by atoms with Gasteiger partial charge in [-0.1, -0.05) is 0 Å². The number of carbonyl (C=O) groups excluding carboxylic acids is 1. The van der Waals surface area contributed by atoms with E-state index in [1.54, 1.807) is 6.92 Å². The Bertz CT molecular complexity index is 449. The van der Waals surface area contributed by atoms with Gasteiger partial charge in [-0.15, -0.1) is 0 Å². The van der Waals surface area contributed by atoms with Gasteiger partial charge in [-0.3, -0.25) is 14.6 Å². The fraction of sp³-hybridized carbons (Fsp3) is 0.500. The lowest BCUT2D eigenvalue weighted by molar-refractivity contribution is -0.0756. The van der Waals surface area contributed by atoms with Gasteiger partial charge in [-0.25, -0.2) is 9.45 Å². The Kier molecular flexibility index (Phi) is 4.61. The van der Waals surface area contributed by atoms with Gasteiger partial charge in [-0.2, -0.15) is 0 Å². The van der Waals surface area contributed by atoms with Crippen LogP contribution in [-0.2, 0) is 4.84 Å². The second kappa shape index (κ2) is 5.77. The Hall–Kier alpha value is -1.69. The molecule has 100 valence electrons. The first-order chi connectivity index (χ1) is 8.38. The first-order valence-electron chi connectivity index (χ1n) is 5.62. The standard InChI is InChI=1S/C12H18FN3O2/c1-7(2)15-11-9(12(17)16(4)18-5)6-14-8(3)10(11)13/h6-7H,1-5H3,(H,14,15). The van der Waals surface area contributed by atoms with Crippen molar-refractivity contribution in [3.8, 4) is 0 Å². The first kappa shape index (κ1) is 14.4. The number of amides is 1. The number of nitrogens with zero attached hydrogens (tertiary/aromatic N) is 2. The molecule has 0 atom stereocenters. The van der Waals surface area contributed by atoms with E-state index in [4.69, 9.17) is 4.84 Å². The van der Waals surface area contributed by atoms with Crippen LogP contribution in [0.1, 0.15) is 29.9 Å². The van der Waals surface area contributed by atoms with Gasteiger partial charge in [-0.05, 0) is 20.8 Å². The SMILES string of the molecule is CON(C)C(=O)c1cnc(C)c(F)c1NC(C)C. The van der Waals surface area contributed by atoms with Gasteiger partial charge in [0.15, 0.2) is 5.82 Å². The van der Waals surface area contributed by atoms with Gasteiger partial charge in [0.1, 0.15) is 0 Å². The molecule has 0 fully saturated rings. The lowest BCUT2D eigenvalue weighted by Gasteiger charge is -2.19. The minimum Gasteiger partial charge on any atom is -0.380 e. The van der Waals surface area contributed by atoms with Crippen LogP contribution < -0.4 is 5.32 Å². The molecule has 5 nitrogen and oxygen atoms in total. The predicted molar refractivity (Wildman–Crippen MR) is 66.8 cm³/mol. The average molecular weight is 255 g/mol. The smallest absolute Gasteiger partial charge is 0.280 e. The van der Waals surface area contributed by atoms with Crippen molar-refractivity contribution in [1.29, 1.82) is 0 Å². The third-order valence-electron chi connectivity index (χ3n) is 2.42. The van der Waals surface area contributed by atoms with E-state index < -0.39 is 11.7 Å². The maximum absolute atomic E-state index is 14.0. The first-order valence-corrected chi connectivity index (χ1v) is 5.62. The molecule has 0 spiro atoms. The van der Waals surface area contributed by atoms with Gasteiger partial charge < -0.3 is 5.32 Å². The zero-order valence-corrected chi connectivity index (χ0v) is 11.2. The Morgan fingerprint density at radius 2 is 2.17 bits per heavy atom. The van der Waals surface area contributed by atoms with Crippen molar-refractivity contribution >= 4 is 11.6 Å². The van der Waals surface area contributed by atoms with Crippen LogP contribution in [-0.4, -0.2) is 36.2 Å². The fourth-order valence-electron chi connectivity index (χ4n) is 1.43. The number of hydrogen-bond acceptors (Lipinski definition) is 4. The molecular formula is C12H18FN3O2. The molecular weight excluding hydrogens is 237 g/mol. The molecule has 1 heterocycles. The molecule has 18 heavy (non-hydrogen) atoms. The minimum atomic E-state index is -0.515. The van der Waals surface area contributed by atoms with Crippen molar-refractivity contribution in [3.63, 3.8) is 0 Å². The van der Waals surface area contributed by atoms with Gasteiger partial charge in [0.05, 0.1) is 24.1 Å². The minimum absolute atomic E-state index is 0.000649. The summed E-state index contributed by atoms with van der Waals surface area (Å²) >= 11 is 0. The predicted octanol–water partition coefficient (Wildman–Crippen LogP) is 1.98. The maximum Gasteiger partial charge on any atom is 0.280 e. The molecule has 0 aliphatic carbocycles. The summed E-state index contributed by atoms with van der Waals surface area (Å²) in [5.74, 6) is -0.967. The summed E-state index contributed by atoms with van der Waals surface area (Å²) in [4.78, 5) is 20.7. The van der Waals surface area contributed by atoms with E-state index >= 15 is 0 Å². The van der Waals surface area contributed by atoms with Crippen molar-refractivity contribution in [1.82, 2.24) is 10.0 Å². The van der Waals surface area contributed by atoms with Crippen molar-refractivity contribution in [2.24, 2.45) is 0 Å². The highest BCUT2D eigenvalue weighted by atomic mass is 19.1. The number of halogens is 1. The zero-order valence-electron chi connectivity index (χ0n) is 11.2. The van der Waals surface area contributed by atoms with Crippen LogP contribution in [0.15, 0.2) is 6.20 Å². The number of aromatic nitrogens is 1. The Balaban J connectivity index is 3.26. The van der Waals surface area contributed by atoms with E-state index in [0.717, 1.165) is 5.06 Å². The summed E-state index contributed by atoms with van der Waals surface area (Å²) in [7, 11) is 2.82. The highest BCUT2D eigenvalue weighted by Crippen LogP contribution is 2.23. The summed E-state index contributed by atoms with van der Waals surface area (Å²) in [6, 6.07) is 0.000649. The summed E-state index contributed by atoms with van der Waals surface area (Å²) in [5.41, 5.74) is 0.553. The molecule has 0 saturated heterocycles. The van der Waals surface area contributed by atoms with Crippen LogP contribution in [0.3, 0.4) is 0 Å². The van der Waals surface area contributed by atoms with Crippen molar-refractivity contribution in [2.45, 2.75) is 26.8 Å². The average Bonchev–Trinajstić information content (AvgIpc) is 2.33. The quantitative estimate of drug-likeness (QED) is 0.836. The van der Waals surface area contributed by atoms with E-state index in [1.165, 1.54) is 20.4 Å². The third kappa shape index (κ3) is 2.95. The summed E-state index contributed by atoms with van der Waals surface area (Å²) < 4.78 is 14.0. The Morgan fingerprint density at radius 1 is 1.56 bits per heavy atom. The van der Waals surface area contributed by atoms with Crippen LogP contribution >= 0.6 is 0 Å². The number of anilines is 1. The second-order valence-corrected chi connectivity index (χ2v) is 4.23. The monoisotopic (exact) mass is 255 g/mol. The number of rotatable bonds is 4. The van der Waals surface area contributed by atoms with E-state index in [1.807, 2.05) is 13.8 Å². The normalized spacial score (nSPS) is 10.6. The Morgan fingerprint density at radius 3 is 2.67 bits per heavy atom. The molecule has 6 heteroatoms. The lowest BCUT2D eigenvalue weighted by atomic mass is 10.1. The van der Waals surface area contributed by atoms with Gasteiger partial charge in [0.2, 0.25) is 0 Å². The summed E-state index contributed by atoms with van der Waals surface area (Å²) in [6.07, 6.45) is 1.35. The largest absolute Gasteiger partial charge is 0.380 e. The maximum atomic E-state index is 14.0. The molecule has 1 amide bonds. The van der Waals surface area contributed by atoms with Gasteiger partial charge >= 0.3 is 0 Å². The van der Waals surface area contributed by atoms with E-state index in [9.17, 15) is 9.18 Å². The highest BCUT2D eigenvalue weighted by molar-refractivity contribution is 5.98. The highest BCUT2D eigenvalue weighted by Gasteiger charge is 2.21. The Labute approximate surface area is 106 Å². The van der Waals surface area contributed by atoms with Crippen LogP contribution in [0, 0.1) is 12.7 Å². The molecule has 0 bridgehead atoms. The van der Waals surface area contributed by atoms with Gasteiger partial charge in [0, 0.05) is 19.3 Å². The van der Waals surface area contributed by atoms with E-state index in [0.29, 0.717) is 0 Å². The number of nitrogens with one attached hydrogen (secondary N) is 1. The summed E-state index contributed by atoms with van der Waals surface area (Å²) in [6.45, 7) is 5.28. The fourth-order valence-corrected chi connectivity index (χ4v) is 1.43. The molecule has 1 rings (SSSR count). The molecule has 0 aromatic carbocycles. The number of hydrogen-bond donors (Lipinski definition) is 1. The van der Waals surface area contributed by atoms with E-state index in [-0.39, 0.29) is 23.0 Å².